The molecule has 9 heteroatoms. The average molecular weight is 418 g/mol. The van der Waals surface area contributed by atoms with E-state index in [9.17, 15) is 9.59 Å². The van der Waals surface area contributed by atoms with Crippen molar-refractivity contribution in [1.29, 1.82) is 5.26 Å². The molecule has 0 atom stereocenters. The predicted octanol–water partition coefficient (Wildman–Crippen LogP) is 3.44. The average Bonchev–Trinajstić information content (AvgIpc) is 3.19. The summed E-state index contributed by atoms with van der Waals surface area (Å²) in [6, 6.07) is 15.6. The van der Waals surface area contributed by atoms with Crippen LogP contribution in [0, 0.1) is 11.3 Å². The fraction of sp³-hybridized carbons (Fsp3) is 0.143. The molecule has 4 N–H and O–H groups in total. The molecule has 0 bridgehead atoms. The lowest BCUT2D eigenvalue weighted by Gasteiger charge is -2.26. The van der Waals surface area contributed by atoms with E-state index in [1.807, 2.05) is 0 Å². The van der Waals surface area contributed by atoms with Crippen LogP contribution in [0.1, 0.15) is 25.9 Å². The quantitative estimate of drug-likeness (QED) is 0.562. The van der Waals surface area contributed by atoms with E-state index in [2.05, 4.69) is 21.7 Å². The van der Waals surface area contributed by atoms with E-state index < -0.39 is 0 Å². The number of thiazole rings is 1. The number of carbonyl (C=O) groups is 2. The number of nitrogen functional groups attached to an aromatic ring is 1. The van der Waals surface area contributed by atoms with Crippen LogP contribution in [0.25, 0.3) is 0 Å². The molecular weight excluding hydrogens is 400 g/mol. The molecule has 1 aliphatic heterocycles. The lowest BCUT2D eigenvalue weighted by atomic mass is 10.2. The summed E-state index contributed by atoms with van der Waals surface area (Å²) in [7, 11) is 0. The standard InChI is InChI=1S/C21H18N6O2S/c22-11-13-4-3-5-14(10-13)24-21(29)27-9-8-17-18(12-27)30-20(26-17)19(28)25-16-7-2-1-6-15(16)23/h1-7,10H,8-9,12,23H2,(H,24,29)(H,25,28). The van der Waals surface area contributed by atoms with Crippen LogP contribution in [-0.4, -0.2) is 28.4 Å². The molecule has 0 unspecified atom stereocenters. The van der Waals surface area contributed by atoms with Gasteiger partial charge >= 0.3 is 6.03 Å². The van der Waals surface area contributed by atoms with Crippen molar-refractivity contribution < 1.29 is 9.59 Å². The summed E-state index contributed by atoms with van der Waals surface area (Å²) in [6.07, 6.45) is 0.568. The Kier molecular flexibility index (Phi) is 5.32. The zero-order valence-corrected chi connectivity index (χ0v) is 16.7. The zero-order chi connectivity index (χ0) is 21.1. The number of hydrogen-bond acceptors (Lipinski definition) is 6. The van der Waals surface area contributed by atoms with Crippen LogP contribution < -0.4 is 16.4 Å². The Bertz CT molecular complexity index is 1170. The summed E-state index contributed by atoms with van der Waals surface area (Å²) in [5.41, 5.74) is 8.77. The normalized spacial score (nSPS) is 12.6. The first-order valence-corrected chi connectivity index (χ1v) is 10.1. The van der Waals surface area contributed by atoms with Crippen molar-refractivity contribution >= 4 is 40.3 Å². The monoisotopic (exact) mass is 418 g/mol. The smallest absolute Gasteiger partial charge is 0.322 e. The van der Waals surface area contributed by atoms with Crippen LogP contribution in [0.15, 0.2) is 48.5 Å². The number of benzene rings is 2. The number of nitrogens with one attached hydrogen (secondary N) is 2. The van der Waals surface area contributed by atoms with Crippen LogP contribution in [-0.2, 0) is 13.0 Å². The molecule has 2 aromatic carbocycles. The van der Waals surface area contributed by atoms with E-state index >= 15 is 0 Å². The summed E-state index contributed by atoms with van der Waals surface area (Å²) in [5, 5.41) is 14.9. The Hall–Kier alpha value is -3.90. The number of para-hydroxylation sites is 2. The van der Waals surface area contributed by atoms with Crippen molar-refractivity contribution in [3.63, 3.8) is 0 Å². The number of fused-ring (bicyclic) bond motifs is 1. The summed E-state index contributed by atoms with van der Waals surface area (Å²) in [6.45, 7) is 0.866. The maximum Gasteiger partial charge on any atom is 0.322 e. The van der Waals surface area contributed by atoms with E-state index in [0.717, 1.165) is 10.6 Å². The lowest BCUT2D eigenvalue weighted by Crippen LogP contribution is -2.38. The van der Waals surface area contributed by atoms with Crippen LogP contribution >= 0.6 is 11.3 Å². The van der Waals surface area contributed by atoms with Gasteiger partial charge in [-0.25, -0.2) is 9.78 Å². The number of anilines is 3. The van der Waals surface area contributed by atoms with Crippen LogP contribution in [0.3, 0.4) is 0 Å². The molecule has 4 rings (SSSR count). The minimum absolute atomic E-state index is 0.257. The third-order valence-corrected chi connectivity index (χ3v) is 5.75. The third-order valence-electron chi connectivity index (χ3n) is 4.66. The van der Waals surface area contributed by atoms with Gasteiger partial charge in [0, 0.05) is 23.5 Å². The number of nitriles is 1. The molecule has 2 heterocycles. The third kappa shape index (κ3) is 4.09. The Labute approximate surface area is 177 Å². The molecule has 150 valence electrons. The molecule has 8 nitrogen and oxygen atoms in total. The number of amides is 3. The van der Waals surface area contributed by atoms with Gasteiger partial charge in [-0.05, 0) is 30.3 Å². The number of hydrogen-bond donors (Lipinski definition) is 3. The second-order valence-electron chi connectivity index (χ2n) is 6.72. The van der Waals surface area contributed by atoms with E-state index in [1.54, 1.807) is 53.4 Å². The second-order valence-corrected chi connectivity index (χ2v) is 7.81. The van der Waals surface area contributed by atoms with Gasteiger partial charge in [-0.1, -0.05) is 18.2 Å². The predicted molar refractivity (Wildman–Crippen MR) is 115 cm³/mol. The SMILES string of the molecule is N#Cc1cccc(NC(=O)N2CCc3nc(C(=O)Nc4ccccc4N)sc3C2)c1. The first-order chi connectivity index (χ1) is 14.5. The van der Waals surface area contributed by atoms with E-state index in [4.69, 9.17) is 11.0 Å². The number of nitrogens with two attached hydrogens (primary N) is 1. The number of urea groups is 1. The van der Waals surface area contributed by atoms with E-state index in [1.165, 1.54) is 11.3 Å². The molecule has 1 aromatic heterocycles. The zero-order valence-electron chi connectivity index (χ0n) is 15.9. The van der Waals surface area contributed by atoms with Crippen molar-refractivity contribution in [2.24, 2.45) is 0 Å². The van der Waals surface area contributed by atoms with Crippen LogP contribution in [0.4, 0.5) is 21.9 Å². The van der Waals surface area contributed by atoms with Gasteiger partial charge in [-0.3, -0.25) is 4.79 Å². The summed E-state index contributed by atoms with van der Waals surface area (Å²) >= 11 is 1.27. The summed E-state index contributed by atoms with van der Waals surface area (Å²) < 4.78 is 0. The van der Waals surface area contributed by atoms with Gasteiger partial charge in [0.2, 0.25) is 0 Å². The van der Waals surface area contributed by atoms with Gasteiger partial charge in [-0.15, -0.1) is 11.3 Å². The molecule has 0 spiro atoms. The van der Waals surface area contributed by atoms with Gasteiger partial charge in [0.05, 0.1) is 35.2 Å². The van der Waals surface area contributed by atoms with Crippen molar-refractivity contribution in [2.75, 3.05) is 22.9 Å². The Balaban J connectivity index is 1.43. The molecule has 0 radical (unpaired) electrons. The number of aromatic nitrogens is 1. The number of carbonyl (C=O) groups excluding carboxylic acids is 2. The summed E-state index contributed by atoms with van der Waals surface area (Å²) in [5.74, 6) is -0.323. The summed E-state index contributed by atoms with van der Waals surface area (Å²) in [4.78, 5) is 32.2. The highest BCUT2D eigenvalue weighted by atomic mass is 32.1. The van der Waals surface area contributed by atoms with Gasteiger partial charge in [0.1, 0.15) is 0 Å². The topological polar surface area (TPSA) is 124 Å². The second kappa shape index (κ2) is 8.23. The Morgan fingerprint density at radius 1 is 1.17 bits per heavy atom. The highest BCUT2D eigenvalue weighted by molar-refractivity contribution is 7.13. The van der Waals surface area contributed by atoms with Gasteiger partial charge in [0.25, 0.3) is 5.91 Å². The molecule has 30 heavy (non-hydrogen) atoms. The van der Waals surface area contributed by atoms with Gasteiger partial charge < -0.3 is 21.3 Å². The molecule has 0 saturated heterocycles. The number of nitrogens with zero attached hydrogens (tertiary/aromatic N) is 3. The van der Waals surface area contributed by atoms with Gasteiger partial charge in [0.15, 0.2) is 5.01 Å². The minimum Gasteiger partial charge on any atom is -0.397 e. The van der Waals surface area contributed by atoms with Crippen molar-refractivity contribution in [3.8, 4) is 6.07 Å². The lowest BCUT2D eigenvalue weighted by molar-refractivity contribution is 0.102. The first kappa shape index (κ1) is 19.4. The van der Waals surface area contributed by atoms with Gasteiger partial charge in [-0.2, -0.15) is 5.26 Å². The van der Waals surface area contributed by atoms with E-state index in [-0.39, 0.29) is 11.9 Å². The van der Waals surface area contributed by atoms with Crippen molar-refractivity contribution in [2.45, 2.75) is 13.0 Å². The molecule has 1 aliphatic rings. The van der Waals surface area contributed by atoms with Crippen molar-refractivity contribution in [1.82, 2.24) is 9.88 Å². The largest absolute Gasteiger partial charge is 0.397 e. The van der Waals surface area contributed by atoms with E-state index in [0.29, 0.717) is 47.1 Å². The maximum absolute atomic E-state index is 12.6. The minimum atomic E-state index is -0.323. The van der Waals surface area contributed by atoms with Crippen molar-refractivity contribution in [3.05, 3.63) is 69.7 Å². The Morgan fingerprint density at radius 2 is 2.00 bits per heavy atom. The fourth-order valence-electron chi connectivity index (χ4n) is 3.12. The number of rotatable bonds is 3. The molecule has 0 fully saturated rings. The molecule has 3 aromatic rings. The molecular formula is C21H18N6O2S. The highest BCUT2D eigenvalue weighted by Crippen LogP contribution is 2.27. The molecule has 3 amide bonds. The van der Waals surface area contributed by atoms with Crippen LogP contribution in [0.2, 0.25) is 0 Å². The fourth-order valence-corrected chi connectivity index (χ4v) is 4.14. The molecule has 0 saturated carbocycles. The van der Waals surface area contributed by atoms with Crippen LogP contribution in [0.5, 0.6) is 0 Å². The first-order valence-electron chi connectivity index (χ1n) is 9.24. The Morgan fingerprint density at radius 3 is 2.80 bits per heavy atom. The maximum atomic E-state index is 12.6. The molecule has 0 aliphatic carbocycles. The highest BCUT2D eigenvalue weighted by Gasteiger charge is 2.26.